The lowest BCUT2D eigenvalue weighted by Crippen LogP contribution is -2.58. The topological polar surface area (TPSA) is 84.8 Å². The highest BCUT2D eigenvalue weighted by Gasteiger charge is 2.47. The third kappa shape index (κ3) is 11.2. The third-order valence-corrected chi connectivity index (χ3v) is 15.7. The first-order chi connectivity index (χ1) is 25.6. The van der Waals surface area contributed by atoms with E-state index in [1.807, 2.05) is 66.7 Å². The molecule has 0 unspecified atom stereocenters. The maximum absolute atomic E-state index is 11.4. The Labute approximate surface area is 317 Å². The van der Waals surface area contributed by atoms with Gasteiger partial charge in [0, 0.05) is 19.4 Å². The third-order valence-electron chi connectivity index (χ3n) is 11.2. The van der Waals surface area contributed by atoms with E-state index < -0.39 is 20.5 Å². The number of hydrogen-bond acceptors (Lipinski definition) is 8. The van der Waals surface area contributed by atoms with Gasteiger partial charge in [0.05, 0.1) is 69.2 Å². The Morgan fingerprint density at radius 1 is 0.755 bits per heavy atom. The fourth-order valence-corrected chi connectivity index (χ4v) is 8.47. The van der Waals surface area contributed by atoms with Gasteiger partial charge in [-0.1, -0.05) is 124 Å². The maximum Gasteiger partial charge on any atom is 0.192 e. The number of fused-ring (bicyclic) bond motifs is 1. The van der Waals surface area contributed by atoms with Crippen molar-refractivity contribution in [3.8, 4) is 0 Å². The van der Waals surface area contributed by atoms with Crippen molar-refractivity contribution in [1.29, 1.82) is 0 Å². The number of aliphatic hydroxyl groups is 1. The van der Waals surface area contributed by atoms with Gasteiger partial charge in [0.2, 0.25) is 0 Å². The van der Waals surface area contributed by atoms with E-state index in [1.54, 1.807) is 0 Å². The molecule has 288 valence electrons. The van der Waals surface area contributed by atoms with Crippen LogP contribution >= 0.6 is 0 Å². The van der Waals surface area contributed by atoms with E-state index in [0.717, 1.165) is 23.1 Å². The summed E-state index contributed by atoms with van der Waals surface area (Å²) >= 11 is 0. The summed E-state index contributed by atoms with van der Waals surface area (Å²) in [5.74, 6) is 0. The normalized spacial score (nSPS) is 29.6. The van der Waals surface area contributed by atoms with E-state index >= 15 is 0 Å². The molecule has 9 atom stereocenters. The van der Waals surface area contributed by atoms with Gasteiger partial charge in [-0.25, -0.2) is 0 Å². The molecule has 3 aliphatic heterocycles. The van der Waals surface area contributed by atoms with Crippen LogP contribution in [0.1, 0.15) is 63.1 Å². The predicted octanol–water partition coefficient (Wildman–Crippen LogP) is 8.18. The molecular formula is C44H60O8Si. The van der Waals surface area contributed by atoms with E-state index in [-0.39, 0.29) is 47.8 Å². The summed E-state index contributed by atoms with van der Waals surface area (Å²) in [5, 5.41) is 11.4. The number of hydrogen-bond donors (Lipinski definition) is 1. The van der Waals surface area contributed by atoms with Gasteiger partial charge in [-0.05, 0) is 47.7 Å². The van der Waals surface area contributed by atoms with Crippen molar-refractivity contribution >= 4 is 8.32 Å². The van der Waals surface area contributed by atoms with E-state index in [2.05, 4.69) is 70.3 Å². The monoisotopic (exact) mass is 744 g/mol. The molecule has 3 aromatic carbocycles. The van der Waals surface area contributed by atoms with Crippen LogP contribution < -0.4 is 0 Å². The second-order valence-electron chi connectivity index (χ2n) is 16.3. The molecular weight excluding hydrogens is 685 g/mol. The summed E-state index contributed by atoms with van der Waals surface area (Å²) in [6.07, 6.45) is 4.04. The SMILES string of the molecule is CC(C)(C)[Si](C)(C)O[C@H]1[C@@H](OCc2ccccc2)CCO[C@@H]1C/C=C\[C@H]1C[C@@H](O)[C@@H]2O[C@H](COCc3ccccc3)[C@H](OCc3ccccc3)C[C@H]2O1. The van der Waals surface area contributed by atoms with Crippen LogP contribution in [0.5, 0.6) is 0 Å². The van der Waals surface area contributed by atoms with Crippen molar-refractivity contribution < 1.29 is 38.0 Å². The van der Waals surface area contributed by atoms with E-state index in [1.165, 1.54) is 0 Å². The molecule has 0 bridgehead atoms. The Hall–Kier alpha value is -2.70. The molecule has 9 heteroatoms. The molecule has 0 amide bonds. The van der Waals surface area contributed by atoms with Crippen molar-refractivity contribution in [3.63, 3.8) is 0 Å². The average Bonchev–Trinajstić information content (AvgIpc) is 3.15. The second kappa shape index (κ2) is 18.8. The van der Waals surface area contributed by atoms with Crippen LogP contribution in [0, 0.1) is 0 Å². The van der Waals surface area contributed by atoms with Gasteiger partial charge in [-0.3, -0.25) is 0 Å². The molecule has 3 aliphatic rings. The summed E-state index contributed by atoms with van der Waals surface area (Å²) in [6, 6.07) is 30.6. The van der Waals surface area contributed by atoms with E-state index in [0.29, 0.717) is 52.3 Å². The van der Waals surface area contributed by atoms with Crippen LogP contribution in [-0.2, 0) is 52.7 Å². The van der Waals surface area contributed by atoms with Crippen LogP contribution in [0.2, 0.25) is 18.1 Å². The highest BCUT2D eigenvalue weighted by atomic mass is 28.4. The Bertz CT molecular complexity index is 1530. The fraction of sp³-hybridized carbons (Fsp3) is 0.545. The van der Waals surface area contributed by atoms with Gasteiger partial charge in [-0.2, -0.15) is 0 Å². The molecule has 0 aliphatic carbocycles. The predicted molar refractivity (Wildman–Crippen MR) is 209 cm³/mol. The first-order valence-corrected chi connectivity index (χ1v) is 22.3. The van der Waals surface area contributed by atoms with Crippen LogP contribution in [-0.4, -0.2) is 81.6 Å². The lowest BCUT2D eigenvalue weighted by molar-refractivity contribution is -0.260. The molecule has 0 aromatic heterocycles. The summed E-state index contributed by atoms with van der Waals surface area (Å²) in [7, 11) is -2.13. The highest BCUT2D eigenvalue weighted by molar-refractivity contribution is 6.74. The average molecular weight is 745 g/mol. The van der Waals surface area contributed by atoms with Gasteiger partial charge >= 0.3 is 0 Å². The van der Waals surface area contributed by atoms with Crippen molar-refractivity contribution in [2.24, 2.45) is 0 Å². The van der Waals surface area contributed by atoms with Crippen LogP contribution in [0.25, 0.3) is 0 Å². The zero-order valence-electron chi connectivity index (χ0n) is 32.2. The Morgan fingerprint density at radius 2 is 1.34 bits per heavy atom. The van der Waals surface area contributed by atoms with Crippen molar-refractivity contribution in [1.82, 2.24) is 0 Å². The van der Waals surface area contributed by atoms with Crippen LogP contribution in [0.15, 0.2) is 103 Å². The minimum absolute atomic E-state index is 0.0508. The summed E-state index contributed by atoms with van der Waals surface area (Å²) in [4.78, 5) is 0. The number of aliphatic hydroxyl groups excluding tert-OH is 1. The molecule has 6 rings (SSSR count). The van der Waals surface area contributed by atoms with Gasteiger partial charge in [-0.15, -0.1) is 0 Å². The van der Waals surface area contributed by atoms with Gasteiger partial charge in [0.1, 0.15) is 12.2 Å². The summed E-state index contributed by atoms with van der Waals surface area (Å²) in [5.41, 5.74) is 3.35. The Kier molecular flexibility index (Phi) is 14.1. The van der Waals surface area contributed by atoms with E-state index in [9.17, 15) is 5.11 Å². The standard InChI is InChI=1S/C44H60O8Si/c1-44(2,3)53(4,5)52-43-37(47-25-24-38(43)48-29-33-18-11-7-12-19-33)23-15-22-35-26-36(45)42-40(50-35)27-39(49-30-34-20-13-8-14-21-34)41(51-42)31-46-28-32-16-9-6-10-17-32/h6-22,35-43,45H,23-31H2,1-5H3/b22-15-/t35-,36+,37+,38-,39+,40+,41+,42-,43+/m0/s1. The second-order valence-corrected chi connectivity index (χ2v) is 21.0. The molecule has 0 saturated carbocycles. The fourth-order valence-electron chi connectivity index (χ4n) is 7.13. The summed E-state index contributed by atoms with van der Waals surface area (Å²) < 4.78 is 45.8. The quantitative estimate of drug-likeness (QED) is 0.123. The lowest BCUT2D eigenvalue weighted by Gasteiger charge is -2.47. The smallest absolute Gasteiger partial charge is 0.192 e. The number of rotatable bonds is 15. The molecule has 3 saturated heterocycles. The molecule has 8 nitrogen and oxygen atoms in total. The first-order valence-electron chi connectivity index (χ1n) is 19.4. The van der Waals surface area contributed by atoms with Crippen molar-refractivity contribution in [2.75, 3.05) is 13.2 Å². The van der Waals surface area contributed by atoms with E-state index in [4.69, 9.17) is 32.8 Å². The Morgan fingerprint density at radius 3 is 1.94 bits per heavy atom. The minimum Gasteiger partial charge on any atom is -0.409 e. The largest absolute Gasteiger partial charge is 0.409 e. The van der Waals surface area contributed by atoms with Crippen molar-refractivity contribution in [2.45, 2.75) is 139 Å². The lowest BCUT2D eigenvalue weighted by atomic mass is 9.89. The molecule has 3 aromatic rings. The van der Waals surface area contributed by atoms with Gasteiger partial charge in [0.25, 0.3) is 0 Å². The maximum atomic E-state index is 11.4. The molecule has 1 N–H and O–H groups in total. The van der Waals surface area contributed by atoms with Gasteiger partial charge in [0.15, 0.2) is 8.32 Å². The molecule has 3 fully saturated rings. The molecule has 0 spiro atoms. The van der Waals surface area contributed by atoms with Crippen LogP contribution in [0.4, 0.5) is 0 Å². The van der Waals surface area contributed by atoms with Crippen molar-refractivity contribution in [3.05, 3.63) is 120 Å². The van der Waals surface area contributed by atoms with Crippen LogP contribution in [0.3, 0.4) is 0 Å². The minimum atomic E-state index is -2.13. The molecule has 53 heavy (non-hydrogen) atoms. The Balaban J connectivity index is 1.09. The number of ether oxygens (including phenoxy) is 6. The zero-order valence-corrected chi connectivity index (χ0v) is 33.2. The molecule has 0 radical (unpaired) electrons. The highest BCUT2D eigenvalue weighted by Crippen LogP contribution is 2.40. The van der Waals surface area contributed by atoms with Gasteiger partial charge < -0.3 is 38.0 Å². The number of benzene rings is 3. The zero-order chi connectivity index (χ0) is 37.3. The first kappa shape index (κ1) is 40.0. The summed E-state index contributed by atoms with van der Waals surface area (Å²) in [6.45, 7) is 13.9. The molecule has 3 heterocycles.